The summed E-state index contributed by atoms with van der Waals surface area (Å²) in [5, 5.41) is 87.0. The topological polar surface area (TPSA) is 228 Å². The highest BCUT2D eigenvalue weighted by Crippen LogP contribution is 2.30. The highest BCUT2D eigenvalue weighted by atomic mass is 16.7. The lowest BCUT2D eigenvalue weighted by atomic mass is 9.97. The zero-order valence-corrected chi connectivity index (χ0v) is 47.9. The molecule has 0 aliphatic carbocycles. The Bertz CT molecular complexity index is 1720. The van der Waals surface area contributed by atoms with Crippen LogP contribution in [0.1, 0.15) is 194 Å². The fourth-order valence-corrected chi connectivity index (χ4v) is 9.11. The number of allylic oxidation sites excluding steroid dienone is 17. The lowest BCUT2D eigenvalue weighted by molar-refractivity contribution is -0.359. The summed E-state index contributed by atoms with van der Waals surface area (Å²) in [4.78, 5) is 13.2. The van der Waals surface area contributed by atoms with E-state index in [1.54, 1.807) is 6.08 Å². The number of aliphatic hydroxyl groups is 8. The van der Waals surface area contributed by atoms with Gasteiger partial charge in [-0.2, -0.15) is 0 Å². The summed E-state index contributed by atoms with van der Waals surface area (Å²) in [5.41, 5.74) is 0. The van der Waals surface area contributed by atoms with Crippen LogP contribution in [0.2, 0.25) is 0 Å². The minimum Gasteiger partial charge on any atom is -0.394 e. The quantitative estimate of drug-likeness (QED) is 0.0204. The number of hydrogen-bond donors (Lipinski definition) is 9. The Morgan fingerprint density at radius 1 is 0.474 bits per heavy atom. The first-order valence-electron chi connectivity index (χ1n) is 30.1. The molecule has 14 nitrogen and oxygen atoms in total. The van der Waals surface area contributed by atoms with Gasteiger partial charge in [0.05, 0.1) is 32.0 Å². The van der Waals surface area contributed by atoms with Crippen molar-refractivity contribution in [3.63, 3.8) is 0 Å². The fraction of sp³-hybridized carbons (Fsp3) is 0.703. The second-order valence-corrected chi connectivity index (χ2v) is 20.7. The second-order valence-electron chi connectivity index (χ2n) is 20.7. The van der Waals surface area contributed by atoms with Crippen molar-refractivity contribution < 1.29 is 64.6 Å². The normalized spacial score (nSPS) is 25.4. The van der Waals surface area contributed by atoms with Gasteiger partial charge in [0.1, 0.15) is 48.8 Å². The smallest absolute Gasteiger partial charge is 0.220 e. The Kier molecular flexibility index (Phi) is 43.9. The molecule has 2 fully saturated rings. The van der Waals surface area contributed by atoms with Crippen LogP contribution < -0.4 is 5.32 Å². The standard InChI is InChI=1S/C64H107NO13/c1-3-5-7-9-11-13-15-17-19-21-23-24-25-26-27-28-30-31-33-35-37-39-41-43-45-47-53(68)52(65-56(69)48-46-44-42-40-38-36-34-32-29-22-20-18-16-14-12-10-8-6-4-2)51-75-63-61(74)59(72)62(55(50-67)77-63)78-64-60(73)58(71)57(70)54(49-66)76-64/h6,8,12,14,18,20,29-32,36-39,42,44-45,47,52-55,57-64,66-68,70-74H,3-5,7,9-11,13,15-17,19,21-28,33-35,40-41,43,46,48-51H2,1-2H3,(H,65,69)/b8-6-,14-12-,20-18-,31-30+,32-29-,38-36-,39-37+,44-42-,47-45+. The van der Waals surface area contributed by atoms with Crippen LogP contribution in [0.4, 0.5) is 0 Å². The third kappa shape index (κ3) is 33.4. The molecule has 0 aromatic carbocycles. The lowest BCUT2D eigenvalue weighted by Crippen LogP contribution is -2.65. The summed E-state index contributed by atoms with van der Waals surface area (Å²) in [6, 6.07) is -0.987. The third-order valence-electron chi connectivity index (χ3n) is 13.9. The number of carbonyl (C=O) groups excluding carboxylic acids is 1. The summed E-state index contributed by atoms with van der Waals surface area (Å²) < 4.78 is 22.7. The molecule has 0 spiro atoms. The van der Waals surface area contributed by atoms with Crippen molar-refractivity contribution in [2.45, 2.75) is 267 Å². The Balaban J connectivity index is 1.82. The van der Waals surface area contributed by atoms with E-state index in [1.165, 1.54) is 96.3 Å². The van der Waals surface area contributed by atoms with E-state index in [2.05, 4.69) is 104 Å². The Labute approximate surface area is 470 Å². The van der Waals surface area contributed by atoms with Crippen molar-refractivity contribution in [1.82, 2.24) is 5.32 Å². The van der Waals surface area contributed by atoms with Crippen molar-refractivity contribution in [3.8, 4) is 0 Å². The minimum atomic E-state index is -1.81. The molecule has 9 N–H and O–H groups in total. The number of amides is 1. The van der Waals surface area contributed by atoms with E-state index in [0.29, 0.717) is 12.8 Å². The summed E-state index contributed by atoms with van der Waals surface area (Å²) in [6.07, 6.45) is 51.5. The molecule has 0 bridgehead atoms. The van der Waals surface area contributed by atoms with E-state index in [1.807, 2.05) is 18.2 Å². The van der Waals surface area contributed by atoms with E-state index in [0.717, 1.165) is 64.2 Å². The first-order chi connectivity index (χ1) is 38.1. The van der Waals surface area contributed by atoms with Gasteiger partial charge in [-0.3, -0.25) is 4.79 Å². The van der Waals surface area contributed by atoms with Gasteiger partial charge in [-0.05, 0) is 83.5 Å². The van der Waals surface area contributed by atoms with Crippen LogP contribution >= 0.6 is 0 Å². The van der Waals surface area contributed by atoms with Gasteiger partial charge in [0.15, 0.2) is 12.6 Å². The average Bonchev–Trinajstić information content (AvgIpc) is 3.48. The third-order valence-corrected chi connectivity index (χ3v) is 13.9. The van der Waals surface area contributed by atoms with Gasteiger partial charge < -0.3 is 65.1 Å². The molecule has 2 rings (SSSR count). The molecule has 12 atom stereocenters. The molecule has 2 heterocycles. The van der Waals surface area contributed by atoms with Crippen LogP contribution in [-0.4, -0.2) is 140 Å². The predicted octanol–water partition coefficient (Wildman–Crippen LogP) is 10.4. The molecule has 0 radical (unpaired) electrons. The molecular weight excluding hydrogens is 991 g/mol. The summed E-state index contributed by atoms with van der Waals surface area (Å²) >= 11 is 0. The van der Waals surface area contributed by atoms with Crippen molar-refractivity contribution >= 4 is 5.91 Å². The molecule has 2 aliphatic rings. The Hall–Kier alpha value is -3.35. The van der Waals surface area contributed by atoms with Gasteiger partial charge in [0.2, 0.25) is 5.91 Å². The van der Waals surface area contributed by atoms with E-state index >= 15 is 0 Å². The Morgan fingerprint density at radius 2 is 0.897 bits per heavy atom. The van der Waals surface area contributed by atoms with Gasteiger partial charge >= 0.3 is 0 Å². The maximum absolute atomic E-state index is 13.2. The first-order valence-corrected chi connectivity index (χ1v) is 30.1. The average molecular weight is 1100 g/mol. The molecular formula is C64H107NO13. The van der Waals surface area contributed by atoms with E-state index < -0.39 is 86.8 Å². The molecule has 2 saturated heterocycles. The predicted molar refractivity (Wildman–Crippen MR) is 313 cm³/mol. The molecule has 1 amide bonds. The molecule has 0 aromatic rings. The molecule has 78 heavy (non-hydrogen) atoms. The van der Waals surface area contributed by atoms with E-state index in [4.69, 9.17) is 18.9 Å². The highest BCUT2D eigenvalue weighted by Gasteiger charge is 2.51. The van der Waals surface area contributed by atoms with Crippen molar-refractivity contribution in [2.75, 3.05) is 19.8 Å². The van der Waals surface area contributed by atoms with Crippen LogP contribution in [0.25, 0.3) is 0 Å². The molecule has 12 unspecified atom stereocenters. The number of aliphatic hydroxyl groups excluding tert-OH is 8. The Morgan fingerprint density at radius 3 is 1.40 bits per heavy atom. The number of ether oxygens (including phenoxy) is 4. The van der Waals surface area contributed by atoms with Crippen molar-refractivity contribution in [3.05, 3.63) is 109 Å². The van der Waals surface area contributed by atoms with Gasteiger partial charge in [0.25, 0.3) is 0 Å². The highest BCUT2D eigenvalue weighted by molar-refractivity contribution is 5.76. The number of carbonyl (C=O) groups is 1. The molecule has 2 aliphatic heterocycles. The van der Waals surface area contributed by atoms with Crippen LogP contribution in [0.15, 0.2) is 109 Å². The number of unbranched alkanes of at least 4 members (excludes halogenated alkanes) is 17. The zero-order chi connectivity index (χ0) is 56.7. The van der Waals surface area contributed by atoms with Crippen LogP contribution in [-0.2, 0) is 23.7 Å². The molecule has 0 saturated carbocycles. The fourth-order valence-electron chi connectivity index (χ4n) is 9.11. The minimum absolute atomic E-state index is 0.138. The largest absolute Gasteiger partial charge is 0.394 e. The van der Waals surface area contributed by atoms with E-state index in [-0.39, 0.29) is 18.9 Å². The SMILES string of the molecule is CC/C=C\C/C=C\C/C=C\C/C=C\C/C=C\C/C=C\CCC(=O)NC(COC1OC(CO)C(OC2OC(CO)C(O)C(O)C2O)C(O)C1O)C(O)/C=C/CC/C=C/CC/C=C/CCCCCCCCCCCCCCCCC. The summed E-state index contributed by atoms with van der Waals surface area (Å²) in [5.74, 6) is -0.339. The first kappa shape index (κ1) is 70.8. The maximum atomic E-state index is 13.2. The van der Waals surface area contributed by atoms with Gasteiger partial charge in [-0.15, -0.1) is 0 Å². The van der Waals surface area contributed by atoms with Gasteiger partial charge in [-0.1, -0.05) is 213 Å². The number of hydrogen-bond acceptors (Lipinski definition) is 13. The van der Waals surface area contributed by atoms with Crippen molar-refractivity contribution in [1.29, 1.82) is 0 Å². The number of rotatable bonds is 46. The zero-order valence-electron chi connectivity index (χ0n) is 47.9. The van der Waals surface area contributed by atoms with Gasteiger partial charge in [0, 0.05) is 6.42 Å². The van der Waals surface area contributed by atoms with Crippen LogP contribution in [0, 0.1) is 0 Å². The lowest BCUT2D eigenvalue weighted by Gasteiger charge is -2.46. The molecule has 14 heteroatoms. The second kappa shape index (κ2) is 48.4. The summed E-state index contributed by atoms with van der Waals surface area (Å²) in [6.45, 7) is 2.60. The van der Waals surface area contributed by atoms with Crippen LogP contribution in [0.5, 0.6) is 0 Å². The molecule has 446 valence electrons. The monoisotopic (exact) mass is 1100 g/mol. The summed E-state index contributed by atoms with van der Waals surface area (Å²) in [7, 11) is 0. The van der Waals surface area contributed by atoms with E-state index in [9.17, 15) is 45.6 Å². The van der Waals surface area contributed by atoms with Gasteiger partial charge in [-0.25, -0.2) is 0 Å². The van der Waals surface area contributed by atoms with Crippen LogP contribution in [0.3, 0.4) is 0 Å². The molecule has 0 aromatic heterocycles. The number of nitrogens with one attached hydrogen (secondary N) is 1. The maximum Gasteiger partial charge on any atom is 0.220 e. The van der Waals surface area contributed by atoms with Crippen molar-refractivity contribution in [2.24, 2.45) is 0 Å².